The molecule has 0 spiro atoms. The van der Waals surface area contributed by atoms with Gasteiger partial charge in [-0.15, -0.1) is 0 Å². The van der Waals surface area contributed by atoms with Crippen LogP contribution in [0.4, 0.5) is 0 Å². The van der Waals surface area contributed by atoms with Crippen molar-refractivity contribution in [3.8, 4) is 0 Å². The van der Waals surface area contributed by atoms with E-state index < -0.39 is 14.6 Å². The molecule has 7 nitrogen and oxygen atoms in total. The van der Waals surface area contributed by atoms with Crippen LogP contribution in [0.25, 0.3) is 0 Å². The number of amides is 1. The number of sulfone groups is 1. The van der Waals surface area contributed by atoms with E-state index in [1.54, 1.807) is 20.9 Å². The summed E-state index contributed by atoms with van der Waals surface area (Å²) in [6.45, 7) is 5.22. The molecule has 0 bridgehead atoms. The predicted molar refractivity (Wildman–Crippen MR) is 88.4 cm³/mol. The van der Waals surface area contributed by atoms with E-state index in [1.807, 2.05) is 0 Å². The molecule has 0 aromatic rings. The molecule has 1 unspecified atom stereocenters. The van der Waals surface area contributed by atoms with Gasteiger partial charge in [-0.05, 0) is 32.6 Å². The number of rotatable bonds is 5. The SMILES string of the molecule is CN=C(NCC(C)(C)S(C)(=O)=O)N1CCCC(CC(N)=O)C1. The maximum atomic E-state index is 11.8. The maximum absolute atomic E-state index is 11.8. The Bertz CT molecular complexity index is 528. The molecule has 1 heterocycles. The monoisotopic (exact) mass is 332 g/mol. The van der Waals surface area contributed by atoms with Crippen molar-refractivity contribution in [3.05, 3.63) is 0 Å². The summed E-state index contributed by atoms with van der Waals surface area (Å²) in [7, 11) is -1.49. The summed E-state index contributed by atoms with van der Waals surface area (Å²) in [5, 5.41) is 3.14. The molecule has 1 aliphatic rings. The third-order valence-corrected chi connectivity index (χ3v) is 6.35. The smallest absolute Gasteiger partial charge is 0.217 e. The summed E-state index contributed by atoms with van der Waals surface area (Å²) in [6, 6.07) is 0. The van der Waals surface area contributed by atoms with Crippen LogP contribution in [0.3, 0.4) is 0 Å². The van der Waals surface area contributed by atoms with Gasteiger partial charge in [-0.25, -0.2) is 8.42 Å². The lowest BCUT2D eigenvalue weighted by atomic mass is 9.95. The fraction of sp³-hybridized carbons (Fsp3) is 0.857. The minimum atomic E-state index is -3.16. The molecule has 1 atom stereocenters. The van der Waals surface area contributed by atoms with Gasteiger partial charge in [0.25, 0.3) is 0 Å². The third kappa shape index (κ3) is 5.15. The number of guanidine groups is 1. The first kappa shape index (κ1) is 18.7. The van der Waals surface area contributed by atoms with Gasteiger partial charge in [0, 0.05) is 39.4 Å². The number of piperidine rings is 1. The van der Waals surface area contributed by atoms with Crippen molar-refractivity contribution in [2.24, 2.45) is 16.6 Å². The molecule has 0 saturated carbocycles. The maximum Gasteiger partial charge on any atom is 0.217 e. The van der Waals surface area contributed by atoms with Gasteiger partial charge in [-0.3, -0.25) is 9.79 Å². The van der Waals surface area contributed by atoms with E-state index in [0.717, 1.165) is 19.4 Å². The first-order chi connectivity index (χ1) is 10.1. The minimum absolute atomic E-state index is 0.229. The zero-order valence-electron chi connectivity index (χ0n) is 13.9. The van der Waals surface area contributed by atoms with Crippen molar-refractivity contribution in [3.63, 3.8) is 0 Å². The lowest BCUT2D eigenvalue weighted by molar-refractivity contribution is -0.119. The van der Waals surface area contributed by atoms with Crippen LogP contribution in [-0.4, -0.2) is 62.9 Å². The average Bonchev–Trinajstić information content (AvgIpc) is 2.37. The fourth-order valence-electron chi connectivity index (χ4n) is 2.46. The fourth-order valence-corrected chi connectivity index (χ4v) is 2.80. The van der Waals surface area contributed by atoms with E-state index in [0.29, 0.717) is 18.9 Å². The van der Waals surface area contributed by atoms with Crippen LogP contribution in [0, 0.1) is 5.92 Å². The van der Waals surface area contributed by atoms with Crippen LogP contribution in [0.2, 0.25) is 0 Å². The van der Waals surface area contributed by atoms with Crippen LogP contribution in [0.15, 0.2) is 4.99 Å². The Morgan fingerprint density at radius 3 is 2.59 bits per heavy atom. The minimum Gasteiger partial charge on any atom is -0.370 e. The Hall–Kier alpha value is -1.31. The van der Waals surface area contributed by atoms with Gasteiger partial charge < -0.3 is 16.0 Å². The van der Waals surface area contributed by atoms with Gasteiger partial charge in [0.05, 0.1) is 4.75 Å². The lowest BCUT2D eigenvalue weighted by Gasteiger charge is -2.35. The summed E-state index contributed by atoms with van der Waals surface area (Å²) < 4.78 is 22.6. The number of hydrogen-bond donors (Lipinski definition) is 2. The molecule has 1 rings (SSSR count). The Balaban J connectivity index is 2.67. The van der Waals surface area contributed by atoms with Crippen molar-refractivity contribution in [2.75, 3.05) is 32.9 Å². The molecule has 128 valence electrons. The van der Waals surface area contributed by atoms with Gasteiger partial charge in [-0.1, -0.05) is 0 Å². The van der Waals surface area contributed by atoms with Crippen molar-refractivity contribution in [2.45, 2.75) is 37.9 Å². The van der Waals surface area contributed by atoms with E-state index in [9.17, 15) is 13.2 Å². The first-order valence-corrected chi connectivity index (χ1v) is 9.39. The number of nitrogens with zero attached hydrogens (tertiary/aromatic N) is 2. The Kier molecular flexibility index (Phi) is 6.22. The van der Waals surface area contributed by atoms with E-state index in [2.05, 4.69) is 15.2 Å². The molecule has 1 amide bonds. The number of nitrogens with two attached hydrogens (primary N) is 1. The van der Waals surface area contributed by atoms with Crippen molar-refractivity contribution >= 4 is 21.7 Å². The molecule has 8 heteroatoms. The van der Waals surface area contributed by atoms with Crippen LogP contribution < -0.4 is 11.1 Å². The number of aliphatic imine (C=N–C) groups is 1. The van der Waals surface area contributed by atoms with Gasteiger partial charge in [0.2, 0.25) is 5.91 Å². The van der Waals surface area contributed by atoms with Crippen LogP contribution in [-0.2, 0) is 14.6 Å². The molecule has 3 N–H and O–H groups in total. The second-order valence-corrected chi connectivity index (χ2v) is 9.21. The molecule has 22 heavy (non-hydrogen) atoms. The highest BCUT2D eigenvalue weighted by atomic mass is 32.2. The topological polar surface area (TPSA) is 105 Å². The molecule has 1 fully saturated rings. The summed E-state index contributed by atoms with van der Waals surface area (Å²) in [5.74, 6) is 0.617. The van der Waals surface area contributed by atoms with Crippen molar-refractivity contribution in [1.82, 2.24) is 10.2 Å². The highest BCUT2D eigenvalue weighted by Gasteiger charge is 2.31. The third-order valence-electron chi connectivity index (χ3n) is 4.20. The van der Waals surface area contributed by atoms with E-state index in [1.165, 1.54) is 6.26 Å². The largest absolute Gasteiger partial charge is 0.370 e. The Morgan fingerprint density at radius 1 is 1.45 bits per heavy atom. The normalized spacial score (nSPS) is 20.8. The number of nitrogens with one attached hydrogen (secondary N) is 1. The van der Waals surface area contributed by atoms with Gasteiger partial charge in [0.1, 0.15) is 0 Å². The van der Waals surface area contributed by atoms with Gasteiger partial charge >= 0.3 is 0 Å². The predicted octanol–water partition coefficient (Wildman–Crippen LogP) is -0.0276. The summed E-state index contributed by atoms with van der Waals surface area (Å²) in [4.78, 5) is 17.4. The molecule has 0 aliphatic carbocycles. The van der Waals surface area contributed by atoms with Crippen molar-refractivity contribution in [1.29, 1.82) is 0 Å². The Labute approximate surface area is 133 Å². The van der Waals surface area contributed by atoms with Crippen LogP contribution >= 0.6 is 0 Å². The number of hydrogen-bond acceptors (Lipinski definition) is 4. The molecule has 0 aromatic carbocycles. The second-order valence-electron chi connectivity index (χ2n) is 6.56. The van der Waals surface area contributed by atoms with Gasteiger partial charge in [-0.2, -0.15) is 0 Å². The quantitative estimate of drug-likeness (QED) is 0.543. The average molecular weight is 332 g/mol. The zero-order valence-corrected chi connectivity index (χ0v) is 14.7. The first-order valence-electron chi connectivity index (χ1n) is 7.50. The Morgan fingerprint density at radius 2 is 2.09 bits per heavy atom. The van der Waals surface area contributed by atoms with Crippen LogP contribution in [0.5, 0.6) is 0 Å². The molecule has 1 aliphatic heterocycles. The summed E-state index contributed by atoms with van der Waals surface area (Å²) >= 11 is 0. The summed E-state index contributed by atoms with van der Waals surface area (Å²) in [6.07, 6.45) is 3.56. The number of primary amides is 1. The number of likely N-dealkylation sites (tertiary alicyclic amines) is 1. The molecular weight excluding hydrogens is 304 g/mol. The molecular formula is C14H28N4O3S. The highest BCUT2D eigenvalue weighted by molar-refractivity contribution is 7.92. The molecule has 0 aromatic heterocycles. The zero-order chi connectivity index (χ0) is 17.0. The van der Waals surface area contributed by atoms with E-state index in [4.69, 9.17) is 5.73 Å². The van der Waals surface area contributed by atoms with Gasteiger partial charge in [0.15, 0.2) is 15.8 Å². The highest BCUT2D eigenvalue weighted by Crippen LogP contribution is 2.20. The number of carbonyl (C=O) groups is 1. The summed E-state index contributed by atoms with van der Waals surface area (Å²) in [5.41, 5.74) is 5.27. The second kappa shape index (κ2) is 7.30. The van der Waals surface area contributed by atoms with E-state index in [-0.39, 0.29) is 18.4 Å². The van der Waals surface area contributed by atoms with E-state index >= 15 is 0 Å². The lowest BCUT2D eigenvalue weighted by Crippen LogP contribution is -2.51. The van der Waals surface area contributed by atoms with Crippen molar-refractivity contribution < 1.29 is 13.2 Å². The molecule has 0 radical (unpaired) electrons. The van der Waals surface area contributed by atoms with Crippen LogP contribution in [0.1, 0.15) is 33.1 Å². The molecule has 1 saturated heterocycles. The number of carbonyl (C=O) groups excluding carboxylic acids is 1. The standard InChI is InChI=1S/C14H28N4O3S/c1-14(2,22(4,20)21)10-17-13(16-3)18-7-5-6-11(9-18)8-12(15)19/h11H,5-10H2,1-4H3,(H2,15,19)(H,16,17).